The number of hydrogen-bond acceptors (Lipinski definition) is 3. The van der Waals surface area contributed by atoms with E-state index in [1.807, 2.05) is 19.1 Å². The van der Waals surface area contributed by atoms with E-state index in [0.717, 1.165) is 38.2 Å². The normalized spacial score (nSPS) is 21.2. The van der Waals surface area contributed by atoms with Crippen molar-refractivity contribution in [2.75, 3.05) is 25.0 Å². The van der Waals surface area contributed by atoms with E-state index in [0.29, 0.717) is 6.61 Å². The zero-order chi connectivity index (χ0) is 15.9. The Morgan fingerprint density at radius 2 is 1.86 bits per heavy atom. The standard InChI is InChI=1S/C17H24N2O3/c1-3-22-17(21)15-8-10-19(11-9-15)12-14-4-6-16(7-5-14)18-13(2)20/h4-7,15H,3,8-12H2,1-2H3,(H,18,20)/p+1. The Labute approximate surface area is 131 Å². The number of anilines is 1. The largest absolute Gasteiger partial charge is 0.466 e. The molecule has 1 aromatic carbocycles. The first kappa shape index (κ1) is 16.5. The molecule has 1 aliphatic rings. The van der Waals surface area contributed by atoms with Gasteiger partial charge < -0.3 is 15.0 Å². The molecule has 1 amide bonds. The number of nitrogens with one attached hydrogen (secondary N) is 2. The van der Waals surface area contributed by atoms with Gasteiger partial charge >= 0.3 is 5.97 Å². The van der Waals surface area contributed by atoms with Crippen LogP contribution >= 0.6 is 0 Å². The zero-order valence-electron chi connectivity index (χ0n) is 13.4. The van der Waals surface area contributed by atoms with Crippen molar-refractivity contribution in [2.45, 2.75) is 33.2 Å². The van der Waals surface area contributed by atoms with E-state index in [2.05, 4.69) is 17.4 Å². The fourth-order valence-electron chi connectivity index (χ4n) is 2.90. The molecular formula is C17H25N2O3+. The van der Waals surface area contributed by atoms with E-state index in [4.69, 9.17) is 4.74 Å². The summed E-state index contributed by atoms with van der Waals surface area (Å²) in [6.07, 6.45) is 1.80. The summed E-state index contributed by atoms with van der Waals surface area (Å²) in [7, 11) is 0. The third kappa shape index (κ3) is 4.84. The van der Waals surface area contributed by atoms with Gasteiger partial charge in [-0.1, -0.05) is 12.1 Å². The lowest BCUT2D eigenvalue weighted by Crippen LogP contribution is -3.11. The first-order chi connectivity index (χ1) is 10.6. The average molecular weight is 305 g/mol. The van der Waals surface area contributed by atoms with Crippen LogP contribution in [-0.4, -0.2) is 31.6 Å². The second kappa shape index (κ2) is 7.94. The Morgan fingerprint density at radius 1 is 1.23 bits per heavy atom. The molecule has 1 heterocycles. The van der Waals surface area contributed by atoms with Gasteiger partial charge in [-0.2, -0.15) is 0 Å². The molecule has 1 aliphatic heterocycles. The second-order valence-corrected chi connectivity index (χ2v) is 5.83. The molecule has 0 aliphatic carbocycles. The monoisotopic (exact) mass is 305 g/mol. The third-order valence-electron chi connectivity index (χ3n) is 4.04. The van der Waals surface area contributed by atoms with Crippen LogP contribution in [0, 0.1) is 5.92 Å². The van der Waals surface area contributed by atoms with Crippen molar-refractivity contribution in [3.05, 3.63) is 29.8 Å². The first-order valence-corrected chi connectivity index (χ1v) is 7.95. The number of ether oxygens (including phenoxy) is 1. The van der Waals surface area contributed by atoms with Crippen LogP contribution in [0.5, 0.6) is 0 Å². The van der Waals surface area contributed by atoms with Gasteiger partial charge in [0, 0.05) is 31.0 Å². The second-order valence-electron chi connectivity index (χ2n) is 5.83. The molecule has 2 rings (SSSR count). The quantitative estimate of drug-likeness (QED) is 0.798. The Balaban J connectivity index is 1.80. The number of amides is 1. The van der Waals surface area contributed by atoms with Crippen LogP contribution in [0.2, 0.25) is 0 Å². The highest BCUT2D eigenvalue weighted by molar-refractivity contribution is 5.88. The molecule has 0 bridgehead atoms. The number of esters is 1. The van der Waals surface area contributed by atoms with Crippen molar-refractivity contribution in [3.63, 3.8) is 0 Å². The van der Waals surface area contributed by atoms with Crippen LogP contribution in [0.15, 0.2) is 24.3 Å². The Morgan fingerprint density at radius 3 is 2.41 bits per heavy atom. The minimum absolute atomic E-state index is 0.0405. The van der Waals surface area contributed by atoms with Gasteiger partial charge in [0.05, 0.1) is 25.6 Å². The fraction of sp³-hybridized carbons (Fsp3) is 0.529. The summed E-state index contributed by atoms with van der Waals surface area (Å²) in [5, 5.41) is 2.77. The van der Waals surface area contributed by atoms with Crippen LogP contribution in [0.3, 0.4) is 0 Å². The van der Waals surface area contributed by atoms with Crippen LogP contribution in [0.1, 0.15) is 32.3 Å². The van der Waals surface area contributed by atoms with Crippen molar-refractivity contribution in [3.8, 4) is 0 Å². The van der Waals surface area contributed by atoms with Gasteiger partial charge in [-0.15, -0.1) is 0 Å². The lowest BCUT2D eigenvalue weighted by molar-refractivity contribution is -0.919. The Hall–Kier alpha value is -1.88. The predicted molar refractivity (Wildman–Crippen MR) is 84.5 cm³/mol. The highest BCUT2D eigenvalue weighted by Gasteiger charge is 2.28. The number of carbonyl (C=O) groups excluding carboxylic acids is 2. The summed E-state index contributed by atoms with van der Waals surface area (Å²) < 4.78 is 5.10. The van der Waals surface area contributed by atoms with E-state index in [1.165, 1.54) is 17.4 Å². The average Bonchev–Trinajstić information content (AvgIpc) is 2.50. The molecule has 0 atom stereocenters. The summed E-state index contributed by atoms with van der Waals surface area (Å²) in [5.74, 6) is -0.0218. The van der Waals surface area contributed by atoms with Crippen molar-refractivity contribution in [1.82, 2.24) is 0 Å². The van der Waals surface area contributed by atoms with Gasteiger partial charge in [0.15, 0.2) is 0 Å². The van der Waals surface area contributed by atoms with E-state index in [-0.39, 0.29) is 17.8 Å². The predicted octanol–water partition coefficient (Wildman–Crippen LogP) is 1.00. The molecule has 2 N–H and O–H groups in total. The van der Waals surface area contributed by atoms with Gasteiger partial charge in [0.1, 0.15) is 6.54 Å². The maximum atomic E-state index is 11.7. The molecule has 0 radical (unpaired) electrons. The van der Waals surface area contributed by atoms with Gasteiger partial charge in [0.25, 0.3) is 0 Å². The molecule has 0 spiro atoms. The van der Waals surface area contributed by atoms with E-state index in [9.17, 15) is 9.59 Å². The maximum Gasteiger partial charge on any atom is 0.309 e. The van der Waals surface area contributed by atoms with Crippen LogP contribution in [0.25, 0.3) is 0 Å². The maximum absolute atomic E-state index is 11.7. The molecule has 1 aromatic rings. The summed E-state index contributed by atoms with van der Waals surface area (Å²) in [5.41, 5.74) is 2.07. The number of piperidine rings is 1. The minimum Gasteiger partial charge on any atom is -0.466 e. The van der Waals surface area contributed by atoms with Gasteiger partial charge in [0.2, 0.25) is 5.91 Å². The number of carbonyl (C=O) groups is 2. The van der Waals surface area contributed by atoms with Gasteiger partial charge in [-0.05, 0) is 19.1 Å². The molecule has 1 fully saturated rings. The zero-order valence-corrected chi connectivity index (χ0v) is 13.4. The lowest BCUT2D eigenvalue weighted by atomic mass is 9.96. The third-order valence-corrected chi connectivity index (χ3v) is 4.04. The number of hydrogen-bond donors (Lipinski definition) is 2. The minimum atomic E-state index is -0.0561. The van der Waals surface area contributed by atoms with Crippen molar-refractivity contribution < 1.29 is 19.2 Å². The van der Waals surface area contributed by atoms with Crippen molar-refractivity contribution in [1.29, 1.82) is 0 Å². The van der Waals surface area contributed by atoms with Crippen LogP contribution < -0.4 is 10.2 Å². The van der Waals surface area contributed by atoms with Gasteiger partial charge in [-0.25, -0.2) is 0 Å². The van der Waals surface area contributed by atoms with Crippen LogP contribution in [-0.2, 0) is 20.9 Å². The number of quaternary nitrogens is 1. The lowest BCUT2D eigenvalue weighted by Gasteiger charge is -2.28. The first-order valence-electron chi connectivity index (χ1n) is 7.95. The van der Waals surface area contributed by atoms with Crippen molar-refractivity contribution >= 4 is 17.6 Å². The summed E-state index contributed by atoms with van der Waals surface area (Å²) >= 11 is 0. The number of benzene rings is 1. The molecule has 1 saturated heterocycles. The molecule has 120 valence electrons. The summed E-state index contributed by atoms with van der Waals surface area (Å²) in [4.78, 5) is 24.2. The molecule has 5 heteroatoms. The van der Waals surface area contributed by atoms with E-state index < -0.39 is 0 Å². The highest BCUT2D eigenvalue weighted by atomic mass is 16.5. The SMILES string of the molecule is CCOC(=O)C1CC[NH+](Cc2ccc(NC(C)=O)cc2)CC1. The molecule has 22 heavy (non-hydrogen) atoms. The van der Waals surface area contributed by atoms with E-state index >= 15 is 0 Å². The summed E-state index contributed by atoms with van der Waals surface area (Å²) in [6, 6.07) is 7.97. The molecular weight excluding hydrogens is 280 g/mol. The topological polar surface area (TPSA) is 59.8 Å². The van der Waals surface area contributed by atoms with Crippen molar-refractivity contribution in [2.24, 2.45) is 5.92 Å². The molecule has 0 saturated carbocycles. The number of rotatable bonds is 5. The Bertz CT molecular complexity index is 505. The van der Waals surface area contributed by atoms with Crippen LogP contribution in [0.4, 0.5) is 5.69 Å². The van der Waals surface area contributed by atoms with Gasteiger partial charge in [-0.3, -0.25) is 9.59 Å². The molecule has 0 aromatic heterocycles. The fourth-order valence-corrected chi connectivity index (χ4v) is 2.90. The summed E-state index contributed by atoms with van der Waals surface area (Å²) in [6.45, 7) is 6.77. The van der Waals surface area contributed by atoms with E-state index in [1.54, 1.807) is 0 Å². The molecule has 0 unspecified atom stereocenters. The highest BCUT2D eigenvalue weighted by Crippen LogP contribution is 2.13. The Kier molecular flexibility index (Phi) is 5.95. The smallest absolute Gasteiger partial charge is 0.309 e. The molecule has 5 nitrogen and oxygen atoms in total. The number of likely N-dealkylation sites (tertiary alicyclic amines) is 1.